The Balaban J connectivity index is 1.52. The van der Waals surface area contributed by atoms with Crippen molar-refractivity contribution in [2.24, 2.45) is 5.92 Å². The summed E-state index contributed by atoms with van der Waals surface area (Å²) in [5.41, 5.74) is 2.68. The molecule has 6 nitrogen and oxygen atoms in total. The smallest absolute Gasteiger partial charge is 0.341 e. The van der Waals surface area contributed by atoms with Gasteiger partial charge in [0.15, 0.2) is 16.6 Å². The molecule has 1 unspecified atom stereocenters. The molecule has 5 rings (SSSR count). The zero-order valence-electron chi connectivity index (χ0n) is 15.7. The number of nitrogens with one attached hydrogen (secondary N) is 1. The Kier molecular flexibility index (Phi) is 4.40. The van der Waals surface area contributed by atoms with Crippen molar-refractivity contribution in [3.05, 3.63) is 28.1 Å². The van der Waals surface area contributed by atoms with E-state index in [2.05, 4.69) is 17.2 Å². The molecule has 0 saturated heterocycles. The van der Waals surface area contributed by atoms with Crippen LogP contribution in [0.15, 0.2) is 12.1 Å². The van der Waals surface area contributed by atoms with Gasteiger partial charge in [0.2, 0.25) is 6.79 Å². The van der Waals surface area contributed by atoms with E-state index in [9.17, 15) is 4.79 Å². The minimum absolute atomic E-state index is 0.250. The van der Waals surface area contributed by atoms with Crippen molar-refractivity contribution in [3.8, 4) is 11.5 Å². The molecule has 0 fully saturated rings. The molecule has 2 aliphatic rings. The van der Waals surface area contributed by atoms with E-state index in [1.54, 1.807) is 11.3 Å². The number of thiophene rings is 1. The fraction of sp³-hybridized carbons (Fsp3) is 0.400. The van der Waals surface area contributed by atoms with Gasteiger partial charge in [0, 0.05) is 17.0 Å². The van der Waals surface area contributed by atoms with E-state index >= 15 is 0 Å². The minimum atomic E-state index is -0.251. The number of aromatic nitrogens is 1. The van der Waals surface area contributed by atoms with Crippen molar-refractivity contribution in [1.29, 1.82) is 0 Å². The van der Waals surface area contributed by atoms with Crippen LogP contribution >= 0.6 is 22.7 Å². The number of hydrogen-bond donors (Lipinski definition) is 1. The minimum Gasteiger partial charge on any atom is -0.462 e. The Labute approximate surface area is 170 Å². The van der Waals surface area contributed by atoms with E-state index in [4.69, 9.17) is 14.2 Å². The molecule has 0 amide bonds. The summed E-state index contributed by atoms with van der Waals surface area (Å²) < 4.78 is 17.3. The van der Waals surface area contributed by atoms with Gasteiger partial charge >= 0.3 is 5.97 Å². The summed E-state index contributed by atoms with van der Waals surface area (Å²) in [5, 5.41) is 4.97. The maximum atomic E-state index is 12.7. The van der Waals surface area contributed by atoms with Gasteiger partial charge in [-0.3, -0.25) is 0 Å². The van der Waals surface area contributed by atoms with Crippen molar-refractivity contribution in [1.82, 2.24) is 4.98 Å². The van der Waals surface area contributed by atoms with Gasteiger partial charge in [-0.05, 0) is 37.7 Å². The van der Waals surface area contributed by atoms with Crippen LogP contribution in [0.4, 0.5) is 10.1 Å². The first-order valence-electron chi connectivity index (χ1n) is 9.41. The predicted molar refractivity (Wildman–Crippen MR) is 110 cm³/mol. The van der Waals surface area contributed by atoms with Crippen LogP contribution in [0.25, 0.3) is 10.2 Å². The predicted octanol–water partition coefficient (Wildman–Crippen LogP) is 5.13. The highest BCUT2D eigenvalue weighted by Gasteiger charge is 2.29. The number of benzene rings is 1. The van der Waals surface area contributed by atoms with E-state index in [0.717, 1.165) is 56.7 Å². The molecule has 3 heterocycles. The molecule has 2 aromatic heterocycles. The topological polar surface area (TPSA) is 69.7 Å². The van der Waals surface area contributed by atoms with Gasteiger partial charge in [0.1, 0.15) is 5.00 Å². The molecule has 146 valence electrons. The average Bonchev–Trinajstić information content (AvgIpc) is 3.35. The van der Waals surface area contributed by atoms with Crippen molar-refractivity contribution in [2.75, 3.05) is 18.7 Å². The fourth-order valence-electron chi connectivity index (χ4n) is 3.73. The molecule has 1 atom stereocenters. The van der Waals surface area contributed by atoms with Crippen LogP contribution in [0.2, 0.25) is 0 Å². The lowest BCUT2D eigenvalue weighted by atomic mass is 9.88. The molecule has 0 bridgehead atoms. The summed E-state index contributed by atoms with van der Waals surface area (Å²) in [4.78, 5) is 18.6. The number of thiazole rings is 1. The monoisotopic (exact) mass is 416 g/mol. The number of carbonyl (C=O) groups excluding carboxylic acids is 1. The lowest BCUT2D eigenvalue weighted by molar-refractivity contribution is 0.0526. The van der Waals surface area contributed by atoms with E-state index < -0.39 is 0 Å². The summed E-state index contributed by atoms with van der Waals surface area (Å²) in [6, 6.07) is 3.85. The second kappa shape index (κ2) is 6.93. The van der Waals surface area contributed by atoms with Crippen LogP contribution in [-0.2, 0) is 17.6 Å². The van der Waals surface area contributed by atoms with Gasteiger partial charge in [-0.15, -0.1) is 11.3 Å². The van der Waals surface area contributed by atoms with Crippen LogP contribution in [-0.4, -0.2) is 24.4 Å². The van der Waals surface area contributed by atoms with Crippen LogP contribution in [0.3, 0.4) is 0 Å². The first-order chi connectivity index (χ1) is 13.6. The van der Waals surface area contributed by atoms with Crippen molar-refractivity contribution >= 4 is 49.0 Å². The van der Waals surface area contributed by atoms with E-state index in [1.165, 1.54) is 16.2 Å². The second-order valence-corrected chi connectivity index (χ2v) is 9.23. The summed E-state index contributed by atoms with van der Waals surface area (Å²) >= 11 is 3.19. The Morgan fingerprint density at radius 3 is 2.96 bits per heavy atom. The third-order valence-electron chi connectivity index (χ3n) is 5.09. The second-order valence-electron chi connectivity index (χ2n) is 7.09. The zero-order valence-corrected chi connectivity index (χ0v) is 17.3. The Hall–Kier alpha value is -2.32. The normalized spacial score (nSPS) is 17.6. The third-order valence-corrected chi connectivity index (χ3v) is 7.20. The van der Waals surface area contributed by atoms with E-state index in [-0.39, 0.29) is 12.8 Å². The molecule has 1 aromatic carbocycles. The van der Waals surface area contributed by atoms with Crippen LogP contribution < -0.4 is 14.8 Å². The summed E-state index contributed by atoms with van der Waals surface area (Å²) in [6.45, 7) is 4.71. The number of carbonyl (C=O) groups is 1. The molecule has 0 radical (unpaired) electrons. The standard InChI is InChI=1S/C20H20N2O4S2/c1-3-24-19(23)17-11-5-4-10(2)6-15(11)27-18(17)22-20-21-12-7-13-14(26-9-25-13)8-16(12)28-20/h7-8,10H,3-6,9H2,1-2H3,(H,21,22). The largest absolute Gasteiger partial charge is 0.462 e. The number of rotatable bonds is 4. The van der Waals surface area contributed by atoms with Gasteiger partial charge in [-0.25, -0.2) is 9.78 Å². The Morgan fingerprint density at radius 1 is 1.32 bits per heavy atom. The molecule has 28 heavy (non-hydrogen) atoms. The molecule has 1 N–H and O–H groups in total. The number of ether oxygens (including phenoxy) is 3. The molecular weight excluding hydrogens is 396 g/mol. The number of nitrogens with zero attached hydrogens (tertiary/aromatic N) is 1. The molecule has 8 heteroatoms. The molecule has 1 aliphatic carbocycles. The lowest BCUT2D eigenvalue weighted by Gasteiger charge is -2.18. The lowest BCUT2D eigenvalue weighted by Crippen LogP contribution is -2.14. The summed E-state index contributed by atoms with van der Waals surface area (Å²) in [5.74, 6) is 1.85. The molecular formula is C20H20N2O4S2. The highest BCUT2D eigenvalue weighted by atomic mass is 32.1. The van der Waals surface area contributed by atoms with Gasteiger partial charge < -0.3 is 19.5 Å². The highest BCUT2D eigenvalue weighted by molar-refractivity contribution is 7.23. The number of fused-ring (bicyclic) bond motifs is 3. The van der Waals surface area contributed by atoms with Crippen molar-refractivity contribution in [3.63, 3.8) is 0 Å². The van der Waals surface area contributed by atoms with E-state index in [1.807, 2.05) is 19.1 Å². The van der Waals surface area contributed by atoms with Gasteiger partial charge in [0.25, 0.3) is 0 Å². The first-order valence-corrected chi connectivity index (χ1v) is 11.0. The maximum Gasteiger partial charge on any atom is 0.341 e. The maximum absolute atomic E-state index is 12.7. The zero-order chi connectivity index (χ0) is 19.3. The number of hydrogen-bond acceptors (Lipinski definition) is 8. The van der Waals surface area contributed by atoms with Crippen molar-refractivity contribution in [2.45, 2.75) is 33.1 Å². The fourth-order valence-corrected chi connectivity index (χ4v) is 6.07. The molecule has 0 spiro atoms. The van der Waals surface area contributed by atoms with Crippen molar-refractivity contribution < 1.29 is 19.0 Å². The van der Waals surface area contributed by atoms with E-state index in [0.29, 0.717) is 18.1 Å². The molecule has 0 saturated carbocycles. The van der Waals surface area contributed by atoms with Gasteiger partial charge in [-0.2, -0.15) is 0 Å². The van der Waals surface area contributed by atoms with Gasteiger partial charge in [-0.1, -0.05) is 18.3 Å². The van der Waals surface area contributed by atoms with Crippen LogP contribution in [0.1, 0.15) is 41.1 Å². The van der Waals surface area contributed by atoms with Gasteiger partial charge in [0.05, 0.1) is 22.4 Å². The van der Waals surface area contributed by atoms with Crippen LogP contribution in [0.5, 0.6) is 11.5 Å². The Morgan fingerprint density at radius 2 is 2.14 bits per heavy atom. The average molecular weight is 417 g/mol. The Bertz CT molecular complexity index is 1030. The first kappa shape index (κ1) is 17.8. The highest BCUT2D eigenvalue weighted by Crippen LogP contribution is 2.43. The quantitative estimate of drug-likeness (QED) is 0.595. The summed E-state index contributed by atoms with van der Waals surface area (Å²) in [6.07, 6.45) is 3.03. The van der Waals surface area contributed by atoms with Crippen LogP contribution in [0, 0.1) is 5.92 Å². The SMILES string of the molecule is CCOC(=O)c1c(Nc2nc3cc4c(cc3s2)OCO4)sc2c1CCC(C)C2. The third kappa shape index (κ3) is 3.00. The number of esters is 1. The number of anilines is 2. The summed E-state index contributed by atoms with van der Waals surface area (Å²) in [7, 11) is 0. The molecule has 3 aromatic rings. The molecule has 1 aliphatic heterocycles.